The number of hydrogen-bond donors (Lipinski definition) is 0. The molecular weight excluding hydrogens is 653 g/mol. The first-order chi connectivity index (χ1) is 25.8. The van der Waals surface area contributed by atoms with E-state index in [1.807, 2.05) is 17.4 Å². The smallest absolute Gasteiger partial charge is 0.137 e. The number of rotatable bonds is 5. The zero-order valence-corrected chi connectivity index (χ0v) is 28.8. The largest absolute Gasteiger partial charge is 0.456 e. The van der Waals surface area contributed by atoms with Gasteiger partial charge in [-0.05, 0) is 71.8 Å². The first-order valence-corrected chi connectivity index (χ1v) is 18.4. The Kier molecular flexibility index (Phi) is 6.42. The highest BCUT2D eigenvalue weighted by Crippen LogP contribution is 2.51. The van der Waals surface area contributed by atoms with Crippen LogP contribution in [0.15, 0.2) is 186 Å². The molecule has 11 aromatic rings. The normalized spacial score (nSPS) is 11.8. The number of hydrogen-bond acceptors (Lipinski definition) is 3. The van der Waals surface area contributed by atoms with Crippen LogP contribution in [0, 0.1) is 0 Å². The SMILES string of the molecule is c1ccc(-c2ccc(N(c3ccc4c(c3)oc3ccccc34)c3cccc4c3c3ccccc3n4-c3ccccc3)c3c2sc2ccccc23)cc1. The third kappa shape index (κ3) is 4.31. The lowest BCUT2D eigenvalue weighted by molar-refractivity contribution is 0.669. The van der Waals surface area contributed by atoms with Crippen LogP contribution in [0.4, 0.5) is 17.1 Å². The van der Waals surface area contributed by atoms with Crippen molar-refractivity contribution in [3.63, 3.8) is 0 Å². The summed E-state index contributed by atoms with van der Waals surface area (Å²) in [6, 6.07) is 65.4. The summed E-state index contributed by atoms with van der Waals surface area (Å²) in [5, 5.41) is 7.15. The fourth-order valence-corrected chi connectivity index (χ4v) is 9.40. The Hall–Kier alpha value is -6.62. The maximum atomic E-state index is 6.53. The van der Waals surface area contributed by atoms with Gasteiger partial charge < -0.3 is 13.9 Å². The van der Waals surface area contributed by atoms with Crippen LogP contribution in [-0.4, -0.2) is 4.57 Å². The van der Waals surface area contributed by atoms with Gasteiger partial charge in [0.1, 0.15) is 11.2 Å². The minimum Gasteiger partial charge on any atom is -0.456 e. The van der Waals surface area contributed by atoms with Crippen molar-refractivity contribution in [1.82, 2.24) is 4.57 Å². The van der Waals surface area contributed by atoms with Crippen molar-refractivity contribution in [3.05, 3.63) is 182 Å². The van der Waals surface area contributed by atoms with Gasteiger partial charge in [-0.25, -0.2) is 0 Å². The average molecular weight is 683 g/mol. The molecule has 8 aromatic carbocycles. The van der Waals surface area contributed by atoms with Crippen LogP contribution in [0.1, 0.15) is 0 Å². The lowest BCUT2D eigenvalue weighted by atomic mass is 9.99. The predicted molar refractivity (Wildman–Crippen MR) is 221 cm³/mol. The molecule has 0 saturated carbocycles. The summed E-state index contributed by atoms with van der Waals surface area (Å²) >= 11 is 1.87. The van der Waals surface area contributed by atoms with E-state index in [-0.39, 0.29) is 0 Å². The zero-order chi connectivity index (χ0) is 34.2. The maximum Gasteiger partial charge on any atom is 0.137 e. The van der Waals surface area contributed by atoms with E-state index in [9.17, 15) is 0 Å². The van der Waals surface area contributed by atoms with E-state index in [4.69, 9.17) is 4.42 Å². The number of furan rings is 1. The molecule has 4 heteroatoms. The molecule has 3 aromatic heterocycles. The molecule has 3 heterocycles. The van der Waals surface area contributed by atoms with Gasteiger partial charge in [0, 0.05) is 59.2 Å². The van der Waals surface area contributed by atoms with Gasteiger partial charge in [-0.1, -0.05) is 115 Å². The molecule has 0 unspecified atom stereocenters. The summed E-state index contributed by atoms with van der Waals surface area (Å²) in [6.07, 6.45) is 0. The molecule has 0 aliphatic carbocycles. The molecule has 11 rings (SSSR count). The second-order valence-electron chi connectivity index (χ2n) is 13.3. The third-order valence-electron chi connectivity index (χ3n) is 10.4. The van der Waals surface area contributed by atoms with Gasteiger partial charge in [0.25, 0.3) is 0 Å². The Morgan fingerprint density at radius 2 is 1.13 bits per heavy atom. The standard InChI is InChI=1S/C48H30N2OS/c1-3-14-31(15-4-1)34-28-29-42(47-38-20-9-12-25-45(38)52-48(34)47)50(33-26-27-36-35-18-8-11-24-43(35)51-44(36)30-33)41-23-13-22-40-46(41)37-19-7-10-21-39(37)49(40)32-16-5-2-6-17-32/h1-30H. The van der Waals surface area contributed by atoms with E-state index in [1.165, 1.54) is 47.6 Å². The Bertz CT molecular complexity index is 3120. The molecule has 0 N–H and O–H groups in total. The van der Waals surface area contributed by atoms with E-state index in [0.717, 1.165) is 50.2 Å². The van der Waals surface area contributed by atoms with Crippen LogP contribution in [0.5, 0.6) is 0 Å². The molecule has 0 spiro atoms. The van der Waals surface area contributed by atoms with Crippen LogP contribution in [0.3, 0.4) is 0 Å². The lowest BCUT2D eigenvalue weighted by Gasteiger charge is -2.28. The minimum absolute atomic E-state index is 0.870. The van der Waals surface area contributed by atoms with Crippen LogP contribution in [0.2, 0.25) is 0 Å². The van der Waals surface area contributed by atoms with Gasteiger partial charge in [0.2, 0.25) is 0 Å². The Morgan fingerprint density at radius 1 is 0.462 bits per heavy atom. The van der Waals surface area contributed by atoms with Gasteiger partial charge in [-0.15, -0.1) is 11.3 Å². The molecule has 0 saturated heterocycles. The summed E-state index contributed by atoms with van der Waals surface area (Å²) in [5.41, 5.74) is 11.0. The van der Waals surface area contributed by atoms with Crippen molar-refractivity contribution in [1.29, 1.82) is 0 Å². The highest BCUT2D eigenvalue weighted by atomic mass is 32.1. The Labute approximate surface area is 303 Å². The number of aromatic nitrogens is 1. The van der Waals surface area contributed by atoms with Crippen molar-refractivity contribution >= 4 is 92.3 Å². The fourth-order valence-electron chi connectivity index (χ4n) is 8.15. The van der Waals surface area contributed by atoms with Crippen LogP contribution >= 0.6 is 11.3 Å². The Morgan fingerprint density at radius 3 is 2.00 bits per heavy atom. The van der Waals surface area contributed by atoms with Gasteiger partial charge in [0.15, 0.2) is 0 Å². The summed E-state index contributed by atoms with van der Waals surface area (Å²) in [4.78, 5) is 2.47. The van der Waals surface area contributed by atoms with Gasteiger partial charge in [0.05, 0.1) is 22.4 Å². The molecule has 52 heavy (non-hydrogen) atoms. The molecule has 0 aliphatic rings. The zero-order valence-electron chi connectivity index (χ0n) is 28.0. The summed E-state index contributed by atoms with van der Waals surface area (Å²) in [6.45, 7) is 0. The third-order valence-corrected chi connectivity index (χ3v) is 11.6. The molecule has 0 radical (unpaired) electrons. The molecule has 0 atom stereocenters. The number of nitrogens with zero attached hydrogens (tertiary/aromatic N) is 2. The molecule has 0 amide bonds. The van der Waals surface area contributed by atoms with Gasteiger partial charge in [-0.3, -0.25) is 0 Å². The monoisotopic (exact) mass is 682 g/mol. The molecule has 3 nitrogen and oxygen atoms in total. The number of benzene rings is 8. The van der Waals surface area contributed by atoms with Crippen molar-refractivity contribution < 1.29 is 4.42 Å². The number of thiophene rings is 1. The lowest BCUT2D eigenvalue weighted by Crippen LogP contribution is -2.11. The van der Waals surface area contributed by atoms with E-state index >= 15 is 0 Å². The number of para-hydroxylation sites is 3. The topological polar surface area (TPSA) is 21.3 Å². The molecule has 0 fully saturated rings. The number of anilines is 3. The highest BCUT2D eigenvalue weighted by molar-refractivity contribution is 7.26. The number of fused-ring (bicyclic) bond motifs is 9. The fraction of sp³-hybridized carbons (Fsp3) is 0. The van der Waals surface area contributed by atoms with Crippen molar-refractivity contribution in [2.75, 3.05) is 4.90 Å². The average Bonchev–Trinajstić information content (AvgIpc) is 3.89. The maximum absolute atomic E-state index is 6.53. The van der Waals surface area contributed by atoms with Crippen molar-refractivity contribution in [2.24, 2.45) is 0 Å². The van der Waals surface area contributed by atoms with Crippen molar-refractivity contribution in [3.8, 4) is 16.8 Å². The molecular formula is C48H30N2OS. The van der Waals surface area contributed by atoms with Crippen LogP contribution in [0.25, 0.3) is 80.7 Å². The Balaban J connectivity index is 1.27. The van der Waals surface area contributed by atoms with E-state index in [1.54, 1.807) is 0 Å². The van der Waals surface area contributed by atoms with Crippen LogP contribution < -0.4 is 4.90 Å². The van der Waals surface area contributed by atoms with E-state index in [0.29, 0.717) is 0 Å². The van der Waals surface area contributed by atoms with Crippen LogP contribution in [-0.2, 0) is 0 Å². The van der Waals surface area contributed by atoms with Crippen molar-refractivity contribution in [2.45, 2.75) is 0 Å². The summed E-state index contributed by atoms with van der Waals surface area (Å²) in [5.74, 6) is 0. The molecule has 0 aliphatic heterocycles. The second kappa shape index (κ2) is 11.5. The van der Waals surface area contributed by atoms with Gasteiger partial charge in [-0.2, -0.15) is 0 Å². The first kappa shape index (κ1) is 29.1. The van der Waals surface area contributed by atoms with E-state index < -0.39 is 0 Å². The quantitative estimate of drug-likeness (QED) is 0.180. The predicted octanol–water partition coefficient (Wildman–Crippen LogP) is 14.2. The summed E-state index contributed by atoms with van der Waals surface area (Å²) < 4.78 is 11.5. The molecule has 244 valence electrons. The first-order valence-electron chi connectivity index (χ1n) is 17.6. The molecule has 0 bridgehead atoms. The van der Waals surface area contributed by atoms with Gasteiger partial charge >= 0.3 is 0 Å². The summed E-state index contributed by atoms with van der Waals surface area (Å²) in [7, 11) is 0. The van der Waals surface area contributed by atoms with E-state index in [2.05, 4.69) is 185 Å². The minimum atomic E-state index is 0.870. The second-order valence-corrected chi connectivity index (χ2v) is 14.3. The highest BCUT2D eigenvalue weighted by Gasteiger charge is 2.25.